The van der Waals surface area contributed by atoms with Gasteiger partial charge in [-0.25, -0.2) is 61.8 Å². The zero-order valence-corrected chi connectivity index (χ0v) is 89.7. The van der Waals surface area contributed by atoms with Crippen molar-refractivity contribution < 1.29 is 60.0 Å². The van der Waals surface area contributed by atoms with Crippen LogP contribution in [0.4, 0.5) is 26.3 Å². The van der Waals surface area contributed by atoms with Crippen molar-refractivity contribution >= 4 is 39.3 Å². The fourth-order valence-electron chi connectivity index (χ4n) is 8.35. The summed E-state index contributed by atoms with van der Waals surface area (Å²) in [6.45, 7) is 97.2. The third kappa shape index (κ3) is 174. The molecule has 0 saturated carbocycles. The fraction of sp³-hybridized carbons (Fsp3) is 0.798. The number of aromatic nitrogens is 3. The average molecular weight is 2230 g/mol. The van der Waals surface area contributed by atoms with E-state index >= 15 is 0 Å². The second-order valence-electron chi connectivity index (χ2n) is 48.2. The van der Waals surface area contributed by atoms with Crippen LogP contribution in [-0.2, 0) is 64.4 Å². The smallest absolute Gasteiger partial charge is 0.247 e. The lowest BCUT2D eigenvalue weighted by atomic mass is 9.87. The van der Waals surface area contributed by atoms with Gasteiger partial charge in [-0.05, 0) is 159 Å². The normalized spacial score (nSPS) is 10.5. The van der Waals surface area contributed by atoms with Crippen LogP contribution in [0, 0.1) is 59.6 Å². The lowest BCUT2D eigenvalue weighted by Crippen LogP contribution is -2.54. The SMILES string of the molecule is C.C.C.C.C.C.C.C.C.C.C.C.C.C.C.C.C.C.C.C.C.C.C.C.C=CCn1c(=O)n(CC=C)c(=O)n(CCCC(C)(C)C)c1=O.CC(C)(C)C.CC(C)(C)C.CC(C)(C)C.CC(C)(C)C.CC(C)(C)C.CC(C)(C)C.CC(C)(C)CCCCS(=O)(=O)c1ccccc1.CC(C)(C)CCCCS(=O)(=O)c1ccccc1.CC(C)(C)CCCS(=O)(=O)C(F)(F)F.CC(C)(C)CCCS(=O)(=O)C(F)(F)F.CC(C)(C)c1ccccc1. The van der Waals surface area contributed by atoms with Crippen LogP contribution in [0.15, 0.2) is 140 Å². The molecule has 4 aromatic rings. The molecule has 1 aromatic heterocycles. The number of benzene rings is 3. The van der Waals surface area contributed by atoms with Crippen molar-refractivity contribution in [2.45, 2.75) is 592 Å². The Bertz CT molecular complexity index is 3820. The molecular weight excluding hydrogens is 1950 g/mol. The first kappa shape index (κ1) is 234. The third-order valence-corrected chi connectivity index (χ3v) is 20.4. The largest absolute Gasteiger partial charge is 0.497 e. The van der Waals surface area contributed by atoms with Crippen LogP contribution in [0.25, 0.3) is 0 Å². The maximum absolute atomic E-state index is 12.4. The topological polar surface area (TPSA) is 203 Å². The third-order valence-electron chi connectivity index (χ3n) is 13.7. The lowest BCUT2D eigenvalue weighted by Gasteiger charge is -2.18. The minimum absolute atomic E-state index is 0. The average Bonchev–Trinajstić information content (AvgIpc) is 0.782. The number of halogens is 6. The molecule has 1 heterocycles. The molecule has 0 radical (unpaired) electrons. The van der Waals surface area contributed by atoms with Gasteiger partial charge in [0.1, 0.15) is 0 Å². The predicted molar refractivity (Wildman–Crippen MR) is 686 cm³/mol. The van der Waals surface area contributed by atoms with Crippen molar-refractivity contribution in [1.82, 2.24) is 13.7 Å². The Hall–Kier alpha value is -5.07. The molecule has 924 valence electrons. The van der Waals surface area contributed by atoms with Crippen LogP contribution in [0.3, 0.4) is 0 Å². The molecule has 0 aliphatic carbocycles. The van der Waals surface area contributed by atoms with E-state index in [4.69, 9.17) is 0 Å². The lowest BCUT2D eigenvalue weighted by molar-refractivity contribution is -0.0442. The van der Waals surface area contributed by atoms with Crippen molar-refractivity contribution in [3.05, 3.63) is 153 Å². The van der Waals surface area contributed by atoms with Gasteiger partial charge in [-0.15, -0.1) is 13.2 Å². The summed E-state index contributed by atoms with van der Waals surface area (Å²) in [7, 11) is -16.0. The molecule has 24 heteroatoms. The number of unbranched alkanes of at least 4 members (excludes halogenated alkanes) is 2. The van der Waals surface area contributed by atoms with Crippen LogP contribution in [-0.4, -0.2) is 81.4 Å². The Morgan fingerprint density at radius 3 is 0.554 bits per heavy atom. The highest BCUT2D eigenvalue weighted by Gasteiger charge is 2.46. The maximum atomic E-state index is 12.4. The molecule has 0 N–H and O–H groups in total. The first-order valence-electron chi connectivity index (χ1n) is 43.7. The van der Waals surface area contributed by atoms with E-state index in [1.54, 1.807) is 48.5 Å². The Labute approximate surface area is 934 Å². The molecule has 3 aromatic carbocycles. The molecule has 0 aliphatic rings. The summed E-state index contributed by atoms with van der Waals surface area (Å²) in [5.74, 6) is -1.11. The van der Waals surface area contributed by atoms with E-state index in [-0.39, 0.29) is 243 Å². The van der Waals surface area contributed by atoms with Gasteiger partial charge in [0.05, 0.1) is 45.9 Å². The second kappa shape index (κ2) is 102. The van der Waals surface area contributed by atoms with E-state index in [0.29, 0.717) is 73.5 Å². The predicted octanol–water partition coefficient (Wildman–Crippen LogP) is 44.8. The van der Waals surface area contributed by atoms with Gasteiger partial charge >= 0.3 is 28.1 Å². The number of alkyl halides is 6. The number of allylic oxidation sites excluding steroid dienone is 2. The van der Waals surface area contributed by atoms with Gasteiger partial charge in [-0.2, -0.15) is 26.3 Å². The van der Waals surface area contributed by atoms with Crippen LogP contribution in [0.5, 0.6) is 0 Å². The molecule has 0 atom stereocenters. The number of sulfone groups is 4. The van der Waals surface area contributed by atoms with Crippen molar-refractivity contribution in [2.24, 2.45) is 59.6 Å². The van der Waals surface area contributed by atoms with Crippen molar-refractivity contribution in [2.75, 3.05) is 23.0 Å². The summed E-state index contributed by atoms with van der Waals surface area (Å²) in [6, 6.07) is 27.9. The second-order valence-corrected chi connectivity index (χ2v) is 56.7. The zero-order chi connectivity index (χ0) is 101. The molecule has 0 bridgehead atoms. The summed E-state index contributed by atoms with van der Waals surface area (Å²) in [6.07, 6.45) is 11.1. The number of nitrogens with zero attached hydrogens (tertiary/aromatic N) is 3. The molecule has 4 rings (SSSR count). The molecule has 14 nitrogen and oxygen atoms in total. The van der Waals surface area contributed by atoms with Gasteiger partial charge in [-0.1, -0.05) is 561 Å². The van der Waals surface area contributed by atoms with Crippen LogP contribution in [0.1, 0.15) is 552 Å². The van der Waals surface area contributed by atoms with E-state index in [9.17, 15) is 74.4 Å². The van der Waals surface area contributed by atoms with E-state index < -0.39 is 78.9 Å². The van der Waals surface area contributed by atoms with E-state index in [1.807, 2.05) is 53.7 Å². The van der Waals surface area contributed by atoms with Gasteiger partial charge in [0.15, 0.2) is 19.7 Å². The number of hydrogen-bond acceptors (Lipinski definition) is 11. The van der Waals surface area contributed by atoms with E-state index in [2.05, 4.69) is 293 Å². The number of hydrogen-bond donors (Lipinski definition) is 0. The van der Waals surface area contributed by atoms with Gasteiger partial charge in [-0.3, -0.25) is 0 Å². The van der Waals surface area contributed by atoms with Gasteiger partial charge < -0.3 is 0 Å². The van der Waals surface area contributed by atoms with Crippen molar-refractivity contribution in [3.8, 4) is 0 Å². The molecule has 0 unspecified atom stereocenters. The molecule has 0 spiro atoms. The highest BCUT2D eigenvalue weighted by Crippen LogP contribution is 2.31. The molecule has 0 fully saturated rings. The molecule has 148 heavy (non-hydrogen) atoms. The summed E-state index contributed by atoms with van der Waals surface area (Å²) in [4.78, 5) is 37.8. The van der Waals surface area contributed by atoms with Gasteiger partial charge in [0.25, 0.3) is 0 Å². The Kier molecular flexibility index (Phi) is 162. The van der Waals surface area contributed by atoms with Gasteiger partial charge in [0.2, 0.25) is 19.7 Å². The fourth-order valence-corrected chi connectivity index (χ4v) is 12.6. The standard InChI is InChI=1S/C16H25N3O3.2C14H22O2S.C10H14.2C8H15F3O2S.6C5H12.24CH4/c1-6-10-17-13(20)18(11-7-2)15(22)19(14(17)21)12-8-9-16(3,4)5;2*1-14(2,3)11-7-8-12-17(15,16)13-9-5-4-6-10-13;1-10(2,3)9-7-5-4-6-8-9;2*1-7(2,3)5-4-6-14(12,13)8(9,10)11;6*1-5(2,3)4;;;;;;;;;;;;;;;;;;;;;;;;/h6-7H,1-2,8-12H2,3-5H3;2*4-6,9-10H,7-8,11-12H2,1-3H3;4-8H,1-3H3;2*4-6H2,1-3H3;6*1-4H3;24*1H4. The highest BCUT2D eigenvalue weighted by atomic mass is 32.2. The minimum Gasteiger partial charge on any atom is -0.247 e. The molecular formula is C124H281F6N3O11S4. The summed E-state index contributed by atoms with van der Waals surface area (Å²) in [5, 5.41) is 0. The number of rotatable bonds is 23. The Morgan fingerprint density at radius 2 is 0.399 bits per heavy atom. The Balaban J connectivity index is -0.0000000336. The highest BCUT2D eigenvalue weighted by molar-refractivity contribution is 7.92. The van der Waals surface area contributed by atoms with Gasteiger partial charge in [0, 0.05) is 6.54 Å². The quantitative estimate of drug-likeness (QED) is 0.0388. The molecule has 0 amide bonds. The minimum atomic E-state index is -5.11. The van der Waals surface area contributed by atoms with Crippen LogP contribution < -0.4 is 17.1 Å². The molecule has 0 saturated heterocycles. The van der Waals surface area contributed by atoms with Crippen molar-refractivity contribution in [3.63, 3.8) is 0 Å². The first-order chi connectivity index (χ1) is 54.4. The summed E-state index contributed by atoms with van der Waals surface area (Å²) in [5.41, 5.74) is -6.88. The summed E-state index contributed by atoms with van der Waals surface area (Å²) >= 11 is 0. The molecule has 0 aliphatic heterocycles. The van der Waals surface area contributed by atoms with Crippen molar-refractivity contribution in [1.29, 1.82) is 0 Å². The summed E-state index contributed by atoms with van der Waals surface area (Å²) < 4.78 is 165. The van der Waals surface area contributed by atoms with Crippen LogP contribution >= 0.6 is 0 Å². The monoisotopic (exact) mass is 2230 g/mol. The van der Waals surface area contributed by atoms with E-state index in [1.165, 1.54) is 17.7 Å². The maximum Gasteiger partial charge on any atom is 0.497 e. The first-order valence-corrected chi connectivity index (χ1v) is 50.3. The van der Waals surface area contributed by atoms with E-state index in [0.717, 1.165) is 58.6 Å². The Morgan fingerprint density at radius 1 is 0.236 bits per heavy atom. The zero-order valence-electron chi connectivity index (χ0n) is 86.4. The van der Waals surface area contributed by atoms with Crippen LogP contribution in [0.2, 0.25) is 0 Å².